The summed E-state index contributed by atoms with van der Waals surface area (Å²) in [6.45, 7) is 9.31. The average Bonchev–Trinajstić information content (AvgIpc) is 3.62. The van der Waals surface area contributed by atoms with Gasteiger partial charge in [-0.1, -0.05) is 24.3 Å². The Morgan fingerprint density at radius 3 is 2.62 bits per heavy atom. The fourth-order valence-electron chi connectivity index (χ4n) is 6.28. The van der Waals surface area contributed by atoms with Crippen LogP contribution in [0.5, 0.6) is 11.5 Å². The lowest BCUT2D eigenvalue weighted by atomic mass is 9.97. The summed E-state index contributed by atoms with van der Waals surface area (Å²) in [6, 6.07) is 22.3. The van der Waals surface area contributed by atoms with E-state index in [0.29, 0.717) is 6.61 Å². The second-order valence-corrected chi connectivity index (χ2v) is 12.6. The minimum Gasteiger partial charge on any atom is -0.496 e. The van der Waals surface area contributed by atoms with Gasteiger partial charge in [0.05, 0.1) is 26.9 Å². The minimum absolute atomic E-state index is 0.233. The van der Waals surface area contributed by atoms with Gasteiger partial charge in [0, 0.05) is 47.4 Å². The Bertz CT molecular complexity index is 1480. The molecule has 1 N–H and O–H groups in total. The number of methoxy groups -OCH3 is 1. The third kappa shape index (κ3) is 6.66. The molecule has 6 nitrogen and oxygen atoms in total. The molecule has 7 heteroatoms. The Balaban J connectivity index is 1.21. The molecule has 42 heavy (non-hydrogen) atoms. The summed E-state index contributed by atoms with van der Waals surface area (Å²) in [6.07, 6.45) is 3.07. The van der Waals surface area contributed by atoms with Crippen molar-refractivity contribution in [1.29, 1.82) is 0 Å². The Morgan fingerprint density at radius 1 is 1.00 bits per heavy atom. The highest BCUT2D eigenvalue weighted by Crippen LogP contribution is 2.41. The van der Waals surface area contributed by atoms with Gasteiger partial charge in [-0.05, 0) is 96.8 Å². The van der Waals surface area contributed by atoms with Gasteiger partial charge in [-0.2, -0.15) is 0 Å². The van der Waals surface area contributed by atoms with E-state index in [1.165, 1.54) is 42.8 Å². The van der Waals surface area contributed by atoms with E-state index in [1.54, 1.807) is 7.11 Å². The predicted octanol–water partition coefficient (Wildman–Crippen LogP) is 6.14. The normalized spacial score (nSPS) is 18.1. The number of rotatable bonds is 11. The van der Waals surface area contributed by atoms with Crippen molar-refractivity contribution >= 4 is 21.4 Å². The summed E-state index contributed by atoms with van der Waals surface area (Å²) >= 11 is 1.87. The molecule has 0 aliphatic carbocycles. The number of aliphatic hydroxyl groups is 1. The number of morpholine rings is 1. The van der Waals surface area contributed by atoms with Gasteiger partial charge in [0.2, 0.25) is 0 Å². The van der Waals surface area contributed by atoms with Crippen LogP contribution >= 0.6 is 11.3 Å². The van der Waals surface area contributed by atoms with Gasteiger partial charge in [0.1, 0.15) is 18.1 Å². The Hall–Kier alpha value is -2.94. The number of ether oxygens (including phenoxy) is 3. The number of fused-ring (bicyclic) bond motifs is 1. The summed E-state index contributed by atoms with van der Waals surface area (Å²) < 4.78 is 18.8. The molecule has 0 saturated carbocycles. The van der Waals surface area contributed by atoms with Crippen LogP contribution in [0.15, 0.2) is 60.7 Å². The topological polar surface area (TPSA) is 54.4 Å². The van der Waals surface area contributed by atoms with E-state index in [-0.39, 0.29) is 12.6 Å². The Labute approximate surface area is 253 Å². The molecule has 2 fully saturated rings. The molecule has 6 rings (SSSR count). The van der Waals surface area contributed by atoms with E-state index < -0.39 is 0 Å². The van der Waals surface area contributed by atoms with Gasteiger partial charge in [0.15, 0.2) is 0 Å². The molecule has 0 spiro atoms. The van der Waals surface area contributed by atoms with Crippen LogP contribution < -0.4 is 9.47 Å². The van der Waals surface area contributed by atoms with Crippen LogP contribution in [0.3, 0.4) is 0 Å². The highest BCUT2D eigenvalue weighted by atomic mass is 32.1. The first-order valence-electron chi connectivity index (χ1n) is 15.2. The van der Waals surface area contributed by atoms with Crippen LogP contribution in [0.25, 0.3) is 20.5 Å². The highest BCUT2D eigenvalue weighted by Gasteiger charge is 2.23. The largest absolute Gasteiger partial charge is 0.496 e. The first-order valence-corrected chi connectivity index (χ1v) is 16.0. The number of aryl methyl sites for hydroxylation is 1. The van der Waals surface area contributed by atoms with E-state index in [4.69, 9.17) is 14.2 Å². The van der Waals surface area contributed by atoms with Gasteiger partial charge >= 0.3 is 0 Å². The Kier molecular flexibility index (Phi) is 9.42. The quantitative estimate of drug-likeness (QED) is 0.228. The van der Waals surface area contributed by atoms with Crippen LogP contribution in [0.1, 0.15) is 35.1 Å². The van der Waals surface area contributed by atoms with Crippen molar-refractivity contribution in [2.45, 2.75) is 38.8 Å². The molecule has 0 radical (unpaired) electrons. The molecule has 1 unspecified atom stereocenters. The molecular weight excluding hydrogens is 544 g/mol. The molecule has 1 atom stereocenters. The van der Waals surface area contributed by atoms with Crippen molar-refractivity contribution in [2.24, 2.45) is 0 Å². The fraction of sp³-hybridized carbons (Fsp3) is 0.429. The van der Waals surface area contributed by atoms with Crippen molar-refractivity contribution in [3.8, 4) is 21.9 Å². The standard InChI is InChI=1S/C35H42N2O4S/c1-25-5-12-31-32(21-26-6-7-28(33(22-26)39-2)23-36-14-17-40-18-15-36)35(42-34(31)20-25)27-8-10-30(11-9-27)41-19-16-37-13-3-4-29(37)24-38/h5-12,20,22,29,38H,3-4,13-19,21,23-24H2,1-2H3. The van der Waals surface area contributed by atoms with Crippen LogP contribution in [0, 0.1) is 6.92 Å². The molecule has 0 amide bonds. The number of benzene rings is 3. The summed E-state index contributed by atoms with van der Waals surface area (Å²) in [4.78, 5) is 6.07. The van der Waals surface area contributed by atoms with Crippen molar-refractivity contribution in [3.05, 3.63) is 82.9 Å². The van der Waals surface area contributed by atoms with Crippen LogP contribution in [-0.2, 0) is 17.7 Å². The Morgan fingerprint density at radius 2 is 1.83 bits per heavy atom. The van der Waals surface area contributed by atoms with E-state index in [2.05, 4.69) is 77.4 Å². The summed E-state index contributed by atoms with van der Waals surface area (Å²) in [5, 5.41) is 10.9. The minimum atomic E-state index is 0.233. The maximum absolute atomic E-state index is 9.58. The second-order valence-electron chi connectivity index (χ2n) is 11.5. The average molecular weight is 587 g/mol. The van der Waals surface area contributed by atoms with Gasteiger partial charge in [-0.25, -0.2) is 0 Å². The number of hydrogen-bond acceptors (Lipinski definition) is 7. The van der Waals surface area contributed by atoms with Gasteiger partial charge < -0.3 is 19.3 Å². The molecule has 0 bridgehead atoms. The van der Waals surface area contributed by atoms with E-state index in [0.717, 1.165) is 76.7 Å². The van der Waals surface area contributed by atoms with Crippen molar-refractivity contribution in [3.63, 3.8) is 0 Å². The number of likely N-dealkylation sites (tertiary alicyclic amines) is 1. The molecule has 2 aliphatic rings. The zero-order chi connectivity index (χ0) is 28.9. The van der Waals surface area contributed by atoms with Crippen molar-refractivity contribution < 1.29 is 19.3 Å². The number of hydrogen-bond donors (Lipinski definition) is 1. The van der Waals surface area contributed by atoms with E-state index in [1.807, 2.05) is 11.3 Å². The lowest BCUT2D eigenvalue weighted by molar-refractivity contribution is 0.0339. The fourth-order valence-corrected chi connectivity index (χ4v) is 7.60. The van der Waals surface area contributed by atoms with Crippen molar-refractivity contribution in [2.75, 3.05) is 59.7 Å². The molecule has 2 saturated heterocycles. The lowest BCUT2D eigenvalue weighted by Crippen LogP contribution is -2.35. The molecule has 3 heterocycles. The number of nitrogens with zero attached hydrogens (tertiary/aromatic N) is 2. The summed E-state index contributed by atoms with van der Waals surface area (Å²) in [5.74, 6) is 1.84. The van der Waals surface area contributed by atoms with Gasteiger partial charge in [-0.15, -0.1) is 11.3 Å². The molecule has 4 aromatic rings. The van der Waals surface area contributed by atoms with Crippen molar-refractivity contribution in [1.82, 2.24) is 9.80 Å². The van der Waals surface area contributed by atoms with E-state index >= 15 is 0 Å². The SMILES string of the molecule is COc1cc(Cc2c(-c3ccc(OCCN4CCCC4CO)cc3)sc3cc(C)ccc23)ccc1CN1CCOCC1. The summed E-state index contributed by atoms with van der Waals surface area (Å²) in [7, 11) is 1.77. The molecular formula is C35H42N2O4S. The first-order chi connectivity index (χ1) is 20.6. The molecule has 222 valence electrons. The molecule has 3 aromatic carbocycles. The third-order valence-corrected chi connectivity index (χ3v) is 9.90. The maximum atomic E-state index is 9.58. The number of thiophene rings is 1. The van der Waals surface area contributed by atoms with Gasteiger partial charge in [0.25, 0.3) is 0 Å². The van der Waals surface area contributed by atoms with Crippen LogP contribution in [-0.4, -0.2) is 80.7 Å². The van der Waals surface area contributed by atoms with Crippen LogP contribution in [0.2, 0.25) is 0 Å². The third-order valence-electron chi connectivity index (χ3n) is 8.65. The summed E-state index contributed by atoms with van der Waals surface area (Å²) in [5.41, 5.74) is 6.33. The predicted molar refractivity (Wildman–Crippen MR) is 171 cm³/mol. The monoisotopic (exact) mass is 586 g/mol. The molecule has 1 aromatic heterocycles. The zero-order valence-electron chi connectivity index (χ0n) is 24.8. The maximum Gasteiger partial charge on any atom is 0.123 e. The zero-order valence-corrected chi connectivity index (χ0v) is 25.6. The number of aliphatic hydroxyl groups excluding tert-OH is 1. The van der Waals surface area contributed by atoms with Crippen LogP contribution in [0.4, 0.5) is 0 Å². The first kappa shape index (κ1) is 29.1. The van der Waals surface area contributed by atoms with E-state index in [9.17, 15) is 5.11 Å². The highest BCUT2D eigenvalue weighted by molar-refractivity contribution is 7.22. The second kappa shape index (κ2) is 13.6. The smallest absolute Gasteiger partial charge is 0.123 e. The lowest BCUT2D eigenvalue weighted by Gasteiger charge is -2.27. The molecule has 2 aliphatic heterocycles. The van der Waals surface area contributed by atoms with Gasteiger partial charge in [-0.3, -0.25) is 9.80 Å².